The number of benzene rings is 2. The number of nitrogens with one attached hydrogen (secondary N) is 2. The molecule has 8 heteroatoms. The lowest BCUT2D eigenvalue weighted by Crippen LogP contribution is -2.12. The number of hydrogen-bond donors (Lipinski definition) is 3. The Hall–Kier alpha value is -3.96. The molecule has 2 aromatic heterocycles. The second-order valence-corrected chi connectivity index (χ2v) is 7.15. The summed E-state index contributed by atoms with van der Waals surface area (Å²) in [6.45, 7) is 2.43. The fourth-order valence-corrected chi connectivity index (χ4v) is 3.25. The molecule has 0 saturated heterocycles. The minimum atomic E-state index is -0.346. The van der Waals surface area contributed by atoms with E-state index < -0.39 is 0 Å². The number of aromatic amines is 1. The lowest BCUT2D eigenvalue weighted by Gasteiger charge is -2.08. The molecule has 4 rings (SSSR count). The molecular formula is C22H20N6O2. The van der Waals surface area contributed by atoms with Gasteiger partial charge in [-0.15, -0.1) is 0 Å². The smallest absolute Gasteiger partial charge is 0.276 e. The van der Waals surface area contributed by atoms with Gasteiger partial charge in [0.15, 0.2) is 5.69 Å². The maximum Gasteiger partial charge on any atom is 0.276 e. The highest BCUT2D eigenvalue weighted by atomic mass is 16.3. The Labute approximate surface area is 172 Å². The molecule has 0 spiro atoms. The molecule has 0 aliphatic rings. The number of nitriles is 1. The summed E-state index contributed by atoms with van der Waals surface area (Å²) in [6, 6.07) is 15.1. The molecule has 8 nitrogen and oxygen atoms in total. The Bertz CT molecular complexity index is 1250. The molecular weight excluding hydrogens is 380 g/mol. The number of carbonyl (C=O) groups is 1. The molecule has 1 atom stereocenters. The van der Waals surface area contributed by atoms with E-state index in [9.17, 15) is 9.90 Å². The first-order valence-corrected chi connectivity index (χ1v) is 9.49. The Balaban J connectivity index is 1.51. The molecule has 2 heterocycles. The van der Waals surface area contributed by atoms with E-state index in [4.69, 9.17) is 5.26 Å². The van der Waals surface area contributed by atoms with Crippen LogP contribution in [0.25, 0.3) is 10.9 Å². The second-order valence-electron chi connectivity index (χ2n) is 7.15. The zero-order valence-corrected chi connectivity index (χ0v) is 16.3. The van der Waals surface area contributed by atoms with E-state index in [2.05, 4.69) is 26.7 Å². The van der Waals surface area contributed by atoms with Gasteiger partial charge in [0.2, 0.25) is 0 Å². The summed E-state index contributed by atoms with van der Waals surface area (Å²) in [5.41, 5.74) is 4.06. The number of aliphatic hydroxyl groups is 1. The number of aliphatic hydroxyl groups excluding tert-OH is 1. The van der Waals surface area contributed by atoms with Crippen LogP contribution >= 0.6 is 0 Å². The van der Waals surface area contributed by atoms with Crippen molar-refractivity contribution in [2.45, 2.75) is 19.4 Å². The van der Waals surface area contributed by atoms with Gasteiger partial charge in [-0.1, -0.05) is 25.1 Å². The quantitative estimate of drug-likeness (QED) is 0.460. The molecule has 0 aliphatic carbocycles. The predicted molar refractivity (Wildman–Crippen MR) is 112 cm³/mol. The second kappa shape index (κ2) is 8.19. The lowest BCUT2D eigenvalue weighted by atomic mass is 10.00. The highest BCUT2D eigenvalue weighted by molar-refractivity contribution is 6.11. The topological polar surface area (TPSA) is 120 Å². The van der Waals surface area contributed by atoms with Crippen LogP contribution in [0, 0.1) is 11.3 Å². The Kier molecular flexibility index (Phi) is 5.28. The normalized spacial score (nSPS) is 11.9. The van der Waals surface area contributed by atoms with Crippen LogP contribution in [0.15, 0.2) is 54.9 Å². The van der Waals surface area contributed by atoms with Crippen LogP contribution in [-0.2, 0) is 6.54 Å². The van der Waals surface area contributed by atoms with Gasteiger partial charge in [-0.05, 0) is 35.4 Å². The minimum absolute atomic E-state index is 0.0291. The van der Waals surface area contributed by atoms with Crippen LogP contribution in [0.1, 0.15) is 40.0 Å². The molecule has 4 aromatic rings. The third-order valence-electron chi connectivity index (χ3n) is 4.94. The van der Waals surface area contributed by atoms with E-state index >= 15 is 0 Å². The maximum atomic E-state index is 12.8. The van der Waals surface area contributed by atoms with Gasteiger partial charge in [0, 0.05) is 24.1 Å². The number of carbonyl (C=O) groups excluding carboxylic acids is 1. The van der Waals surface area contributed by atoms with E-state index in [1.807, 2.05) is 37.3 Å². The molecule has 1 unspecified atom stereocenters. The average molecular weight is 400 g/mol. The van der Waals surface area contributed by atoms with Crippen LogP contribution in [0.4, 0.5) is 5.69 Å². The Morgan fingerprint density at radius 2 is 2.20 bits per heavy atom. The van der Waals surface area contributed by atoms with Crippen LogP contribution in [0.5, 0.6) is 0 Å². The predicted octanol–water partition coefficient (Wildman–Crippen LogP) is 3.03. The van der Waals surface area contributed by atoms with E-state index in [1.165, 1.54) is 0 Å². The third kappa shape index (κ3) is 3.92. The zero-order chi connectivity index (χ0) is 21.1. The minimum Gasteiger partial charge on any atom is -0.396 e. The summed E-state index contributed by atoms with van der Waals surface area (Å²) in [5.74, 6) is -0.376. The number of aromatic nitrogens is 4. The molecule has 0 saturated carbocycles. The summed E-state index contributed by atoms with van der Waals surface area (Å²) in [7, 11) is 0. The Morgan fingerprint density at radius 3 is 3.00 bits per heavy atom. The SMILES string of the molecule is CC(CO)c1ccc2[nH]nc(C(=O)Nc3cnn(Cc4cccc(C#N)c4)c3)c2c1. The summed E-state index contributed by atoms with van der Waals surface area (Å²) in [6.07, 6.45) is 3.30. The van der Waals surface area contributed by atoms with Gasteiger partial charge < -0.3 is 10.4 Å². The van der Waals surface area contributed by atoms with E-state index in [-0.39, 0.29) is 24.1 Å². The number of hydrogen-bond acceptors (Lipinski definition) is 5. The first kappa shape index (κ1) is 19.4. The standard InChI is InChI=1S/C22H20N6O2/c1-14(13-29)17-5-6-20-19(8-17)21(27-26-20)22(30)25-18-10-24-28(12-18)11-16-4-2-3-15(7-16)9-23/h2-8,10,12,14,29H,11,13H2,1H3,(H,25,30)(H,26,27). The van der Waals surface area contributed by atoms with Crippen molar-refractivity contribution in [3.63, 3.8) is 0 Å². The third-order valence-corrected chi connectivity index (χ3v) is 4.94. The van der Waals surface area contributed by atoms with Crippen molar-refractivity contribution >= 4 is 22.5 Å². The highest BCUT2D eigenvalue weighted by Gasteiger charge is 2.16. The van der Waals surface area contributed by atoms with Gasteiger partial charge in [-0.25, -0.2) is 0 Å². The number of nitrogens with zero attached hydrogens (tertiary/aromatic N) is 4. The monoisotopic (exact) mass is 400 g/mol. The summed E-state index contributed by atoms with van der Waals surface area (Å²) < 4.78 is 1.69. The molecule has 150 valence electrons. The van der Waals surface area contributed by atoms with Crippen molar-refractivity contribution in [1.82, 2.24) is 20.0 Å². The molecule has 2 aromatic carbocycles. The van der Waals surface area contributed by atoms with Crippen molar-refractivity contribution in [2.24, 2.45) is 0 Å². The van der Waals surface area contributed by atoms with Crippen molar-refractivity contribution in [3.05, 3.63) is 77.2 Å². The lowest BCUT2D eigenvalue weighted by molar-refractivity contribution is 0.102. The summed E-state index contributed by atoms with van der Waals surface area (Å²) in [5, 5.41) is 33.2. The van der Waals surface area contributed by atoms with Gasteiger partial charge in [0.25, 0.3) is 5.91 Å². The number of amides is 1. The number of rotatable bonds is 6. The Morgan fingerprint density at radius 1 is 1.33 bits per heavy atom. The van der Waals surface area contributed by atoms with Gasteiger partial charge in [-0.2, -0.15) is 15.5 Å². The zero-order valence-electron chi connectivity index (χ0n) is 16.3. The average Bonchev–Trinajstić information content (AvgIpc) is 3.39. The molecule has 30 heavy (non-hydrogen) atoms. The molecule has 0 bridgehead atoms. The van der Waals surface area contributed by atoms with Crippen molar-refractivity contribution in [1.29, 1.82) is 5.26 Å². The largest absolute Gasteiger partial charge is 0.396 e. The molecule has 1 amide bonds. The van der Waals surface area contributed by atoms with Gasteiger partial charge in [0.05, 0.1) is 35.6 Å². The summed E-state index contributed by atoms with van der Waals surface area (Å²) in [4.78, 5) is 12.8. The van der Waals surface area contributed by atoms with E-state index in [0.717, 1.165) is 16.6 Å². The molecule has 3 N–H and O–H groups in total. The van der Waals surface area contributed by atoms with Crippen molar-refractivity contribution in [2.75, 3.05) is 11.9 Å². The van der Waals surface area contributed by atoms with Gasteiger partial charge in [-0.3, -0.25) is 14.6 Å². The summed E-state index contributed by atoms with van der Waals surface area (Å²) >= 11 is 0. The van der Waals surface area contributed by atoms with E-state index in [0.29, 0.717) is 23.2 Å². The van der Waals surface area contributed by atoms with Crippen LogP contribution in [0.2, 0.25) is 0 Å². The van der Waals surface area contributed by atoms with Crippen molar-refractivity contribution in [3.8, 4) is 6.07 Å². The number of H-pyrrole nitrogens is 1. The first-order valence-electron chi connectivity index (χ1n) is 9.49. The van der Waals surface area contributed by atoms with Gasteiger partial charge in [0.1, 0.15) is 0 Å². The molecule has 0 fully saturated rings. The van der Waals surface area contributed by atoms with Gasteiger partial charge >= 0.3 is 0 Å². The maximum absolute atomic E-state index is 12.8. The van der Waals surface area contributed by atoms with E-state index in [1.54, 1.807) is 29.2 Å². The molecule has 0 radical (unpaired) electrons. The fraction of sp³-hybridized carbons (Fsp3) is 0.182. The fourth-order valence-electron chi connectivity index (χ4n) is 3.25. The van der Waals surface area contributed by atoms with Crippen LogP contribution in [-0.4, -0.2) is 37.6 Å². The van der Waals surface area contributed by atoms with Crippen LogP contribution in [0.3, 0.4) is 0 Å². The number of anilines is 1. The first-order chi connectivity index (χ1) is 14.6. The van der Waals surface area contributed by atoms with Crippen LogP contribution < -0.4 is 5.32 Å². The number of fused-ring (bicyclic) bond motifs is 1. The highest BCUT2D eigenvalue weighted by Crippen LogP contribution is 2.23. The van der Waals surface area contributed by atoms with Crippen molar-refractivity contribution < 1.29 is 9.90 Å². The molecule has 0 aliphatic heterocycles.